The maximum Gasteiger partial charge on any atom is 1.00 e. The Morgan fingerprint density at radius 3 is 2.33 bits per heavy atom. The van der Waals surface area contributed by atoms with Gasteiger partial charge in [0.1, 0.15) is 0 Å². The third kappa shape index (κ3) is 7.81. The van der Waals surface area contributed by atoms with Crippen molar-refractivity contribution in [3.63, 3.8) is 0 Å². The molecule has 0 radical (unpaired) electrons. The average Bonchev–Trinajstić information content (AvgIpc) is 2.13. The quantitative estimate of drug-likeness (QED) is 0.329. The summed E-state index contributed by atoms with van der Waals surface area (Å²) in [5.74, 6) is 0. The van der Waals surface area contributed by atoms with Crippen molar-refractivity contribution in [1.82, 2.24) is 0 Å². The molecule has 0 N–H and O–H groups in total. The van der Waals surface area contributed by atoms with E-state index in [4.69, 9.17) is 4.43 Å². The molecule has 0 heterocycles. The van der Waals surface area contributed by atoms with Crippen molar-refractivity contribution in [1.29, 1.82) is 0 Å². The van der Waals surface area contributed by atoms with E-state index in [2.05, 4.69) is 38.0 Å². The molecule has 1 aromatic carbocycles. The zero-order valence-electron chi connectivity index (χ0n) is 9.78. The van der Waals surface area contributed by atoms with Crippen LogP contribution in [0.1, 0.15) is 0 Å². The van der Waals surface area contributed by atoms with Crippen LogP contribution in [0.15, 0.2) is 40.6 Å². The molecule has 0 fully saturated rings. The van der Waals surface area contributed by atoms with E-state index in [9.17, 15) is 0 Å². The zero-order chi connectivity index (χ0) is 10.4. The molecular formula is C11H15LiOSSi. The number of hydrogen-bond donors (Lipinski definition) is 0. The maximum absolute atomic E-state index is 5.46. The first-order chi connectivity index (χ1) is 6.58. The van der Waals surface area contributed by atoms with E-state index in [1.807, 2.05) is 23.6 Å². The topological polar surface area (TPSA) is 9.23 Å². The van der Waals surface area contributed by atoms with Gasteiger partial charge in [0.05, 0.1) is 0 Å². The van der Waals surface area contributed by atoms with E-state index in [0.29, 0.717) is 0 Å². The molecule has 0 saturated carbocycles. The van der Waals surface area contributed by atoms with Gasteiger partial charge >= 0.3 is 18.9 Å². The van der Waals surface area contributed by atoms with Crippen LogP contribution in [-0.4, -0.2) is 8.32 Å². The number of rotatable bonds is 4. The summed E-state index contributed by atoms with van der Waals surface area (Å²) in [6.45, 7) is 6.42. The fourth-order valence-electron chi connectivity index (χ4n) is 0.792. The van der Waals surface area contributed by atoms with Gasteiger partial charge in [0, 0.05) is 4.90 Å². The van der Waals surface area contributed by atoms with Crippen LogP contribution in [0.3, 0.4) is 0 Å². The molecule has 0 unspecified atom stereocenters. The smallest absolute Gasteiger partial charge is 0.744 e. The molecular weight excluding hydrogens is 215 g/mol. The minimum atomic E-state index is -1.45. The molecule has 0 aliphatic heterocycles. The second kappa shape index (κ2) is 7.24. The third-order valence-corrected chi connectivity index (χ3v) is 2.84. The first-order valence-electron chi connectivity index (χ1n) is 4.55. The molecule has 4 heteroatoms. The SMILES string of the molecule is C[Si](C)(C)O[C-]=CSc1ccccc1.[Li+]. The minimum Gasteiger partial charge on any atom is -0.744 e. The van der Waals surface area contributed by atoms with Gasteiger partial charge in [-0.2, -0.15) is 5.41 Å². The van der Waals surface area contributed by atoms with Crippen LogP contribution in [0, 0.1) is 6.26 Å². The summed E-state index contributed by atoms with van der Waals surface area (Å²) in [6.07, 6.45) is 2.87. The molecule has 0 aliphatic carbocycles. The number of benzene rings is 1. The van der Waals surface area contributed by atoms with E-state index in [0.717, 1.165) is 0 Å². The van der Waals surface area contributed by atoms with E-state index < -0.39 is 8.32 Å². The Morgan fingerprint density at radius 2 is 1.80 bits per heavy atom. The van der Waals surface area contributed by atoms with Gasteiger partial charge in [-0.25, -0.2) is 0 Å². The summed E-state index contributed by atoms with van der Waals surface area (Å²) in [5.41, 5.74) is 0. The molecule has 0 spiro atoms. The van der Waals surface area contributed by atoms with Crippen LogP contribution in [0.4, 0.5) is 0 Å². The summed E-state index contributed by atoms with van der Waals surface area (Å²) < 4.78 is 5.46. The van der Waals surface area contributed by atoms with Crippen LogP contribution in [0.25, 0.3) is 0 Å². The summed E-state index contributed by atoms with van der Waals surface area (Å²) >= 11 is 1.62. The van der Waals surface area contributed by atoms with Gasteiger partial charge < -0.3 is 10.7 Å². The maximum atomic E-state index is 5.46. The summed E-state index contributed by atoms with van der Waals surface area (Å²) in [5, 5.41) is 1.87. The Morgan fingerprint density at radius 1 is 1.20 bits per heavy atom. The van der Waals surface area contributed by atoms with Crippen LogP contribution in [-0.2, 0) is 4.43 Å². The third-order valence-electron chi connectivity index (χ3n) is 1.35. The Balaban J connectivity index is 0.00000196. The molecule has 0 amide bonds. The second-order valence-electron chi connectivity index (χ2n) is 3.88. The van der Waals surface area contributed by atoms with Crippen molar-refractivity contribution in [3.05, 3.63) is 42.0 Å². The molecule has 0 bridgehead atoms. The van der Waals surface area contributed by atoms with Crippen LogP contribution >= 0.6 is 11.8 Å². The monoisotopic (exact) mass is 230 g/mol. The molecule has 0 saturated heterocycles. The van der Waals surface area contributed by atoms with E-state index >= 15 is 0 Å². The Bertz CT molecular complexity index is 295. The standard InChI is InChI=1S/C11H15OSSi.Li/c1-14(2,3)12-9-10-13-11-7-5-4-6-8-11;/h4-8,10H,1-3H3;/q-1;+1. The van der Waals surface area contributed by atoms with Gasteiger partial charge in [0.2, 0.25) is 8.32 Å². The van der Waals surface area contributed by atoms with Crippen molar-refractivity contribution in [2.45, 2.75) is 24.5 Å². The van der Waals surface area contributed by atoms with Gasteiger partial charge in [-0.1, -0.05) is 18.2 Å². The van der Waals surface area contributed by atoms with Crippen LogP contribution in [0.2, 0.25) is 19.6 Å². The minimum absolute atomic E-state index is 0. The normalized spacial score (nSPS) is 11.1. The fourth-order valence-corrected chi connectivity index (χ4v) is 1.84. The second-order valence-corrected chi connectivity index (χ2v) is 9.25. The molecule has 15 heavy (non-hydrogen) atoms. The molecule has 0 aromatic heterocycles. The zero-order valence-corrected chi connectivity index (χ0v) is 11.6. The largest absolute Gasteiger partial charge is 1.00 e. The summed E-state index contributed by atoms with van der Waals surface area (Å²) in [6, 6.07) is 10.2. The predicted octanol–water partition coefficient (Wildman–Crippen LogP) is 0.909. The van der Waals surface area contributed by atoms with E-state index in [1.165, 1.54) is 4.90 Å². The van der Waals surface area contributed by atoms with Crippen molar-refractivity contribution in [2.24, 2.45) is 0 Å². The Labute approximate surface area is 110 Å². The van der Waals surface area contributed by atoms with Gasteiger partial charge in [-0.15, -0.1) is 11.8 Å². The van der Waals surface area contributed by atoms with Crippen molar-refractivity contribution in [2.75, 3.05) is 0 Å². The van der Waals surface area contributed by atoms with E-state index in [-0.39, 0.29) is 18.9 Å². The van der Waals surface area contributed by atoms with Crippen molar-refractivity contribution < 1.29 is 23.3 Å². The first kappa shape index (κ1) is 14.9. The van der Waals surface area contributed by atoms with Gasteiger partial charge in [-0.05, 0) is 31.8 Å². The summed E-state index contributed by atoms with van der Waals surface area (Å²) in [4.78, 5) is 1.21. The molecule has 76 valence electrons. The predicted molar refractivity (Wildman–Crippen MR) is 64.5 cm³/mol. The Hall–Kier alpha value is -0.0757. The van der Waals surface area contributed by atoms with Crippen molar-refractivity contribution in [3.8, 4) is 0 Å². The molecule has 0 aliphatic rings. The molecule has 1 rings (SSSR count). The summed E-state index contributed by atoms with van der Waals surface area (Å²) in [7, 11) is -1.45. The number of thioether (sulfide) groups is 1. The van der Waals surface area contributed by atoms with Gasteiger partial charge in [0.15, 0.2) is 0 Å². The van der Waals surface area contributed by atoms with Gasteiger partial charge in [0.25, 0.3) is 0 Å². The van der Waals surface area contributed by atoms with Crippen LogP contribution < -0.4 is 18.9 Å². The number of hydrogen-bond acceptors (Lipinski definition) is 2. The molecule has 1 nitrogen and oxygen atoms in total. The molecule has 1 aromatic rings. The first-order valence-corrected chi connectivity index (χ1v) is 8.84. The van der Waals surface area contributed by atoms with E-state index in [1.54, 1.807) is 11.8 Å². The average molecular weight is 230 g/mol. The van der Waals surface area contributed by atoms with Crippen molar-refractivity contribution >= 4 is 20.1 Å². The fraction of sp³-hybridized carbons (Fsp3) is 0.273. The Kier molecular flexibility index (Phi) is 7.20. The molecule has 0 atom stereocenters. The van der Waals surface area contributed by atoms with Gasteiger partial charge in [-0.3, -0.25) is 0 Å². The van der Waals surface area contributed by atoms with Crippen LogP contribution in [0.5, 0.6) is 0 Å².